The van der Waals surface area contributed by atoms with Gasteiger partial charge in [0, 0.05) is 18.9 Å². The molecule has 1 unspecified atom stereocenters. The first kappa shape index (κ1) is 11.3. The van der Waals surface area contributed by atoms with Crippen molar-refractivity contribution in [2.75, 3.05) is 6.61 Å². The number of hydrogen-bond acceptors (Lipinski definition) is 4. The lowest BCUT2D eigenvalue weighted by atomic mass is 10.1. The second kappa shape index (κ2) is 4.76. The summed E-state index contributed by atoms with van der Waals surface area (Å²) in [5, 5.41) is 0. The van der Waals surface area contributed by atoms with Crippen molar-refractivity contribution in [3.8, 4) is 0 Å². The molecule has 16 heavy (non-hydrogen) atoms. The van der Waals surface area contributed by atoms with Crippen LogP contribution in [-0.2, 0) is 24.2 Å². The fourth-order valence-electron chi connectivity index (χ4n) is 1.78. The van der Waals surface area contributed by atoms with Crippen molar-refractivity contribution < 1.29 is 4.74 Å². The van der Waals surface area contributed by atoms with Gasteiger partial charge in [-0.3, -0.25) is 4.79 Å². The molecular formula is C11H17N3O2. The Kier molecular flexibility index (Phi) is 3.36. The maximum atomic E-state index is 11.7. The van der Waals surface area contributed by atoms with Crippen molar-refractivity contribution in [3.63, 3.8) is 0 Å². The Balaban J connectivity index is 2.28. The molecule has 0 amide bonds. The minimum atomic E-state index is -0.0806. The van der Waals surface area contributed by atoms with E-state index in [1.165, 1.54) is 0 Å². The molecule has 0 fully saturated rings. The highest BCUT2D eigenvalue weighted by Gasteiger charge is 2.16. The molecule has 1 atom stereocenters. The number of ether oxygens (including phenoxy) is 1. The van der Waals surface area contributed by atoms with E-state index in [9.17, 15) is 4.79 Å². The zero-order valence-electron chi connectivity index (χ0n) is 9.45. The highest BCUT2D eigenvalue weighted by atomic mass is 16.5. The van der Waals surface area contributed by atoms with Crippen LogP contribution in [0.25, 0.3) is 0 Å². The lowest BCUT2D eigenvalue weighted by Crippen LogP contribution is -2.29. The standard InChI is InChI=1S/C11H17N3O2/c1-2-7(12)5-10-13-9-3-4-16-6-8(9)11(15)14-10/h7H,2-6,12H2,1H3,(H,13,14,15). The zero-order valence-corrected chi connectivity index (χ0v) is 9.45. The van der Waals surface area contributed by atoms with Crippen LogP contribution in [0.3, 0.4) is 0 Å². The molecular weight excluding hydrogens is 206 g/mol. The second-order valence-corrected chi connectivity index (χ2v) is 4.11. The van der Waals surface area contributed by atoms with Crippen molar-refractivity contribution in [2.24, 2.45) is 5.73 Å². The Morgan fingerprint density at radius 2 is 2.44 bits per heavy atom. The van der Waals surface area contributed by atoms with E-state index in [-0.39, 0.29) is 11.6 Å². The minimum absolute atomic E-state index is 0.0565. The number of nitrogens with two attached hydrogens (primary N) is 1. The second-order valence-electron chi connectivity index (χ2n) is 4.11. The number of hydrogen-bond donors (Lipinski definition) is 2. The van der Waals surface area contributed by atoms with Gasteiger partial charge in [-0.1, -0.05) is 6.92 Å². The summed E-state index contributed by atoms with van der Waals surface area (Å²) in [5.74, 6) is 0.694. The molecule has 1 aromatic heterocycles. The van der Waals surface area contributed by atoms with E-state index in [0.29, 0.717) is 37.4 Å². The van der Waals surface area contributed by atoms with Gasteiger partial charge in [-0.15, -0.1) is 0 Å². The van der Waals surface area contributed by atoms with Crippen molar-refractivity contribution in [2.45, 2.75) is 38.8 Å². The third kappa shape index (κ3) is 2.31. The summed E-state index contributed by atoms with van der Waals surface area (Å²) in [6.07, 6.45) is 2.22. The molecule has 5 heteroatoms. The van der Waals surface area contributed by atoms with E-state index in [2.05, 4.69) is 9.97 Å². The summed E-state index contributed by atoms with van der Waals surface area (Å²) in [4.78, 5) is 19.0. The molecule has 0 aliphatic carbocycles. The van der Waals surface area contributed by atoms with Gasteiger partial charge in [0.05, 0.1) is 24.5 Å². The van der Waals surface area contributed by atoms with E-state index in [4.69, 9.17) is 10.5 Å². The Hall–Kier alpha value is -1.20. The van der Waals surface area contributed by atoms with Crippen LogP contribution >= 0.6 is 0 Å². The molecule has 5 nitrogen and oxygen atoms in total. The Morgan fingerprint density at radius 1 is 1.62 bits per heavy atom. The molecule has 0 saturated heterocycles. The Bertz CT molecular complexity index is 428. The van der Waals surface area contributed by atoms with E-state index >= 15 is 0 Å². The van der Waals surface area contributed by atoms with Crippen LogP contribution in [0.4, 0.5) is 0 Å². The van der Waals surface area contributed by atoms with E-state index in [1.807, 2.05) is 6.92 Å². The lowest BCUT2D eigenvalue weighted by molar-refractivity contribution is 0.108. The van der Waals surface area contributed by atoms with Gasteiger partial charge < -0.3 is 15.5 Å². The van der Waals surface area contributed by atoms with Gasteiger partial charge in [0.15, 0.2) is 0 Å². The number of nitrogens with one attached hydrogen (secondary N) is 1. The molecule has 0 bridgehead atoms. The van der Waals surface area contributed by atoms with Crippen LogP contribution in [0.5, 0.6) is 0 Å². The fraction of sp³-hybridized carbons (Fsp3) is 0.636. The fourth-order valence-corrected chi connectivity index (χ4v) is 1.78. The normalized spacial score (nSPS) is 16.9. The maximum Gasteiger partial charge on any atom is 0.256 e. The molecule has 88 valence electrons. The number of aromatic nitrogens is 2. The zero-order chi connectivity index (χ0) is 11.5. The molecule has 2 heterocycles. The first-order chi connectivity index (χ1) is 7.70. The molecule has 0 saturated carbocycles. The average molecular weight is 223 g/mol. The molecule has 1 aromatic rings. The molecule has 0 spiro atoms. The summed E-state index contributed by atoms with van der Waals surface area (Å²) in [6, 6.07) is 0.0565. The predicted octanol–water partition coefficient (Wildman–Crippen LogP) is 0.122. The topological polar surface area (TPSA) is 81.0 Å². The van der Waals surface area contributed by atoms with Crippen LogP contribution in [0.1, 0.15) is 30.4 Å². The first-order valence-corrected chi connectivity index (χ1v) is 5.65. The van der Waals surface area contributed by atoms with Gasteiger partial charge in [-0.2, -0.15) is 0 Å². The quantitative estimate of drug-likeness (QED) is 0.762. The average Bonchev–Trinajstić information content (AvgIpc) is 2.29. The maximum absolute atomic E-state index is 11.7. The number of fused-ring (bicyclic) bond motifs is 1. The highest BCUT2D eigenvalue weighted by Crippen LogP contribution is 2.10. The molecule has 1 aliphatic rings. The van der Waals surface area contributed by atoms with Gasteiger partial charge in [0.1, 0.15) is 5.82 Å². The van der Waals surface area contributed by atoms with Gasteiger partial charge in [0.25, 0.3) is 5.56 Å². The van der Waals surface area contributed by atoms with Crippen molar-refractivity contribution in [3.05, 3.63) is 27.4 Å². The predicted molar refractivity (Wildman–Crippen MR) is 60.2 cm³/mol. The SMILES string of the molecule is CCC(N)Cc1nc2c(c(=O)[nH]1)COCC2. The minimum Gasteiger partial charge on any atom is -0.376 e. The molecule has 1 aliphatic heterocycles. The van der Waals surface area contributed by atoms with Crippen LogP contribution in [0.15, 0.2) is 4.79 Å². The summed E-state index contributed by atoms with van der Waals surface area (Å²) >= 11 is 0. The molecule has 2 rings (SSSR count). The number of nitrogens with zero attached hydrogens (tertiary/aromatic N) is 1. The number of rotatable bonds is 3. The highest BCUT2D eigenvalue weighted by molar-refractivity contribution is 5.19. The Morgan fingerprint density at radius 3 is 3.19 bits per heavy atom. The first-order valence-electron chi connectivity index (χ1n) is 5.65. The van der Waals surface area contributed by atoms with Gasteiger partial charge in [0.2, 0.25) is 0 Å². The third-order valence-corrected chi connectivity index (χ3v) is 2.86. The van der Waals surface area contributed by atoms with Gasteiger partial charge in [-0.25, -0.2) is 4.98 Å². The smallest absolute Gasteiger partial charge is 0.256 e. The van der Waals surface area contributed by atoms with Gasteiger partial charge in [-0.05, 0) is 6.42 Å². The summed E-state index contributed by atoms with van der Waals surface area (Å²) < 4.78 is 5.23. The van der Waals surface area contributed by atoms with Crippen molar-refractivity contribution >= 4 is 0 Å². The summed E-state index contributed by atoms with van der Waals surface area (Å²) in [5.41, 5.74) is 7.30. The van der Waals surface area contributed by atoms with Gasteiger partial charge >= 0.3 is 0 Å². The van der Waals surface area contributed by atoms with E-state index in [0.717, 1.165) is 12.1 Å². The van der Waals surface area contributed by atoms with Crippen molar-refractivity contribution in [1.82, 2.24) is 9.97 Å². The van der Waals surface area contributed by atoms with E-state index < -0.39 is 0 Å². The van der Waals surface area contributed by atoms with E-state index in [1.54, 1.807) is 0 Å². The Labute approximate surface area is 94.0 Å². The van der Waals surface area contributed by atoms with Crippen LogP contribution in [0, 0.1) is 0 Å². The summed E-state index contributed by atoms with van der Waals surface area (Å²) in [7, 11) is 0. The molecule has 3 N–H and O–H groups in total. The lowest BCUT2D eigenvalue weighted by Gasteiger charge is -2.16. The number of H-pyrrole nitrogens is 1. The monoisotopic (exact) mass is 223 g/mol. The summed E-state index contributed by atoms with van der Waals surface area (Å²) in [6.45, 7) is 3.04. The van der Waals surface area contributed by atoms with Crippen LogP contribution in [0.2, 0.25) is 0 Å². The molecule has 0 radical (unpaired) electrons. The number of aromatic amines is 1. The molecule has 0 aromatic carbocycles. The van der Waals surface area contributed by atoms with Crippen molar-refractivity contribution in [1.29, 1.82) is 0 Å². The van der Waals surface area contributed by atoms with Crippen LogP contribution < -0.4 is 11.3 Å². The third-order valence-electron chi connectivity index (χ3n) is 2.86. The largest absolute Gasteiger partial charge is 0.376 e. The van der Waals surface area contributed by atoms with Crippen LogP contribution in [-0.4, -0.2) is 22.6 Å².